The second-order valence-electron chi connectivity index (χ2n) is 8.46. The zero-order valence-corrected chi connectivity index (χ0v) is 19.2. The summed E-state index contributed by atoms with van der Waals surface area (Å²) in [6.07, 6.45) is 2.09. The molecular weight excluding hydrogens is 422 g/mol. The SMILES string of the molecule is C[C@@H](CC(C)(C)c1ccccc1)NC(=O)CCCN(c1ccc(F)c(F)c1)S(C)(=O)=O. The van der Waals surface area contributed by atoms with Gasteiger partial charge in [-0.15, -0.1) is 0 Å². The van der Waals surface area contributed by atoms with Gasteiger partial charge in [-0.1, -0.05) is 44.2 Å². The first kappa shape index (κ1) is 24.8. The standard InChI is InChI=1S/C23H30F2N2O3S/c1-17(16-23(2,3)18-9-6-5-7-10-18)26-22(28)11-8-14-27(31(4,29)30)19-12-13-20(24)21(25)15-19/h5-7,9-10,12-13,15,17H,8,11,14,16H2,1-4H3,(H,26,28)/t17-/m0/s1. The number of carbonyl (C=O) groups is 1. The molecule has 0 saturated heterocycles. The Morgan fingerprint density at radius 2 is 1.74 bits per heavy atom. The van der Waals surface area contributed by atoms with Crippen LogP contribution in [0.2, 0.25) is 0 Å². The fourth-order valence-corrected chi connectivity index (χ4v) is 4.64. The molecule has 0 heterocycles. The van der Waals surface area contributed by atoms with Crippen LogP contribution in [0.15, 0.2) is 48.5 Å². The average Bonchev–Trinajstić information content (AvgIpc) is 2.67. The molecule has 8 heteroatoms. The Hall–Kier alpha value is -2.48. The van der Waals surface area contributed by atoms with Crippen LogP contribution in [-0.2, 0) is 20.2 Å². The molecular formula is C23H30F2N2O3S. The molecule has 0 aliphatic carbocycles. The first-order chi connectivity index (χ1) is 14.4. The van der Waals surface area contributed by atoms with Crippen molar-refractivity contribution in [3.63, 3.8) is 0 Å². The molecule has 0 aromatic heterocycles. The van der Waals surface area contributed by atoms with E-state index in [2.05, 4.69) is 31.3 Å². The van der Waals surface area contributed by atoms with Crippen LogP contribution in [0.1, 0.15) is 45.6 Å². The van der Waals surface area contributed by atoms with Gasteiger partial charge in [-0.05, 0) is 42.9 Å². The normalized spacial score (nSPS) is 13.0. The van der Waals surface area contributed by atoms with Gasteiger partial charge in [-0.2, -0.15) is 0 Å². The third kappa shape index (κ3) is 7.31. The Labute approximate surface area is 183 Å². The van der Waals surface area contributed by atoms with Gasteiger partial charge in [0.2, 0.25) is 15.9 Å². The van der Waals surface area contributed by atoms with E-state index >= 15 is 0 Å². The summed E-state index contributed by atoms with van der Waals surface area (Å²) in [4.78, 5) is 12.4. The van der Waals surface area contributed by atoms with Gasteiger partial charge in [0.25, 0.3) is 0 Å². The van der Waals surface area contributed by atoms with Crippen molar-refractivity contribution in [2.24, 2.45) is 0 Å². The number of amides is 1. The number of rotatable bonds is 10. The highest BCUT2D eigenvalue weighted by Crippen LogP contribution is 2.28. The molecule has 2 rings (SSSR count). The molecule has 0 aliphatic rings. The number of nitrogens with zero attached hydrogens (tertiary/aromatic N) is 1. The molecule has 1 amide bonds. The molecule has 0 spiro atoms. The van der Waals surface area contributed by atoms with Crippen molar-refractivity contribution in [1.29, 1.82) is 0 Å². The minimum absolute atomic E-state index is 0.0127. The molecule has 0 fully saturated rings. The fourth-order valence-electron chi connectivity index (χ4n) is 3.68. The highest BCUT2D eigenvalue weighted by atomic mass is 32.2. The number of carbonyl (C=O) groups excluding carboxylic acids is 1. The van der Waals surface area contributed by atoms with Crippen molar-refractivity contribution < 1.29 is 22.0 Å². The van der Waals surface area contributed by atoms with Crippen molar-refractivity contribution in [3.05, 3.63) is 65.7 Å². The van der Waals surface area contributed by atoms with E-state index in [0.717, 1.165) is 29.1 Å². The van der Waals surface area contributed by atoms with Crippen LogP contribution in [-0.4, -0.2) is 33.2 Å². The van der Waals surface area contributed by atoms with Crippen molar-refractivity contribution in [3.8, 4) is 0 Å². The van der Waals surface area contributed by atoms with E-state index in [9.17, 15) is 22.0 Å². The third-order valence-corrected chi connectivity index (χ3v) is 6.33. The average molecular weight is 453 g/mol. The fraction of sp³-hybridized carbons (Fsp3) is 0.435. The quantitative estimate of drug-likeness (QED) is 0.582. The van der Waals surface area contributed by atoms with Crippen LogP contribution in [0.25, 0.3) is 0 Å². The van der Waals surface area contributed by atoms with Crippen molar-refractivity contribution >= 4 is 21.6 Å². The maximum Gasteiger partial charge on any atom is 0.232 e. The smallest absolute Gasteiger partial charge is 0.232 e. The minimum atomic E-state index is -3.71. The number of sulfonamides is 1. The zero-order valence-electron chi connectivity index (χ0n) is 18.4. The van der Waals surface area contributed by atoms with Gasteiger partial charge in [0.05, 0.1) is 11.9 Å². The highest BCUT2D eigenvalue weighted by molar-refractivity contribution is 7.92. The van der Waals surface area contributed by atoms with Crippen LogP contribution in [0.3, 0.4) is 0 Å². The monoisotopic (exact) mass is 452 g/mol. The minimum Gasteiger partial charge on any atom is -0.354 e. The van der Waals surface area contributed by atoms with E-state index in [1.807, 2.05) is 25.1 Å². The largest absolute Gasteiger partial charge is 0.354 e. The van der Waals surface area contributed by atoms with E-state index in [1.54, 1.807) is 0 Å². The molecule has 0 unspecified atom stereocenters. The highest BCUT2D eigenvalue weighted by Gasteiger charge is 2.24. The Bertz CT molecular complexity index is 995. The summed E-state index contributed by atoms with van der Waals surface area (Å²) in [6.45, 7) is 6.17. The number of anilines is 1. The maximum absolute atomic E-state index is 13.5. The summed E-state index contributed by atoms with van der Waals surface area (Å²) >= 11 is 0. The predicted molar refractivity (Wildman–Crippen MR) is 119 cm³/mol. The first-order valence-corrected chi connectivity index (χ1v) is 12.0. The molecule has 2 aromatic carbocycles. The van der Waals surface area contributed by atoms with Gasteiger partial charge in [-0.25, -0.2) is 17.2 Å². The molecule has 0 bridgehead atoms. The molecule has 1 N–H and O–H groups in total. The van der Waals surface area contributed by atoms with Gasteiger partial charge in [-0.3, -0.25) is 9.10 Å². The second-order valence-corrected chi connectivity index (χ2v) is 10.4. The second kappa shape index (κ2) is 10.2. The van der Waals surface area contributed by atoms with E-state index in [0.29, 0.717) is 0 Å². The lowest BCUT2D eigenvalue weighted by Crippen LogP contribution is -2.38. The molecule has 0 radical (unpaired) electrons. The predicted octanol–water partition coefficient (Wildman–Crippen LogP) is 4.38. The zero-order chi connectivity index (χ0) is 23.2. The van der Waals surface area contributed by atoms with Gasteiger partial charge >= 0.3 is 0 Å². The molecule has 0 saturated carbocycles. The molecule has 2 aromatic rings. The number of nitrogens with one attached hydrogen (secondary N) is 1. The summed E-state index contributed by atoms with van der Waals surface area (Å²) in [6, 6.07) is 12.9. The Morgan fingerprint density at radius 3 is 2.32 bits per heavy atom. The van der Waals surface area contributed by atoms with Crippen LogP contribution in [0, 0.1) is 11.6 Å². The Kier molecular flexibility index (Phi) is 8.17. The van der Waals surface area contributed by atoms with E-state index < -0.39 is 21.7 Å². The Morgan fingerprint density at radius 1 is 1.10 bits per heavy atom. The summed E-state index contributed by atoms with van der Waals surface area (Å²) < 4.78 is 51.8. The first-order valence-electron chi connectivity index (χ1n) is 10.2. The summed E-state index contributed by atoms with van der Waals surface area (Å²) in [7, 11) is -3.71. The topological polar surface area (TPSA) is 66.5 Å². The lowest BCUT2D eigenvalue weighted by Gasteiger charge is -2.29. The van der Waals surface area contributed by atoms with Gasteiger partial charge in [0.15, 0.2) is 11.6 Å². The van der Waals surface area contributed by atoms with Crippen molar-refractivity contribution in [1.82, 2.24) is 5.32 Å². The molecule has 0 aliphatic heterocycles. The number of halogens is 2. The molecule has 1 atom stereocenters. The number of hydrogen-bond donors (Lipinski definition) is 1. The van der Waals surface area contributed by atoms with Crippen molar-refractivity contribution in [2.75, 3.05) is 17.1 Å². The molecule has 170 valence electrons. The molecule has 31 heavy (non-hydrogen) atoms. The van der Waals surface area contributed by atoms with Gasteiger partial charge in [0.1, 0.15) is 0 Å². The van der Waals surface area contributed by atoms with Crippen LogP contribution in [0.5, 0.6) is 0 Å². The van der Waals surface area contributed by atoms with E-state index in [4.69, 9.17) is 0 Å². The van der Waals surface area contributed by atoms with Crippen molar-refractivity contribution in [2.45, 2.75) is 51.5 Å². The number of benzene rings is 2. The lowest BCUT2D eigenvalue weighted by molar-refractivity contribution is -0.121. The summed E-state index contributed by atoms with van der Waals surface area (Å²) in [5, 5.41) is 2.96. The summed E-state index contributed by atoms with van der Waals surface area (Å²) in [5.74, 6) is -2.36. The third-order valence-electron chi connectivity index (χ3n) is 5.14. The van der Waals surface area contributed by atoms with Crippen LogP contribution >= 0.6 is 0 Å². The number of hydrogen-bond acceptors (Lipinski definition) is 3. The van der Waals surface area contributed by atoms with Gasteiger partial charge < -0.3 is 5.32 Å². The Balaban J connectivity index is 1.91. The molecule has 5 nitrogen and oxygen atoms in total. The lowest BCUT2D eigenvalue weighted by atomic mass is 9.79. The van der Waals surface area contributed by atoms with Crippen LogP contribution in [0.4, 0.5) is 14.5 Å². The van der Waals surface area contributed by atoms with Gasteiger partial charge in [0, 0.05) is 25.1 Å². The van der Waals surface area contributed by atoms with E-state index in [1.165, 1.54) is 11.6 Å². The van der Waals surface area contributed by atoms with Crippen LogP contribution < -0.4 is 9.62 Å². The maximum atomic E-state index is 13.5. The summed E-state index contributed by atoms with van der Waals surface area (Å²) in [5.41, 5.74) is 1.10. The van der Waals surface area contributed by atoms with E-state index in [-0.39, 0.29) is 42.4 Å².